The average Bonchev–Trinajstić information content (AvgIpc) is 3.37. The molecule has 0 radical (unpaired) electrons. The third-order valence-electron chi connectivity index (χ3n) is 12.5. The molecule has 0 spiro atoms. The molecule has 0 aliphatic heterocycles. The van der Waals surface area contributed by atoms with Gasteiger partial charge in [0.15, 0.2) is 0 Å². The summed E-state index contributed by atoms with van der Waals surface area (Å²) in [5.41, 5.74) is 14.7. The fraction of sp³-hybridized carbons (Fsp3) is 0.284. The quantitative estimate of drug-likeness (QED) is 0.0748. The van der Waals surface area contributed by atoms with Crippen LogP contribution < -0.4 is 0 Å². The molecule has 0 heterocycles. The summed E-state index contributed by atoms with van der Waals surface area (Å²) in [5, 5.41) is 7.86. The molecule has 0 nitrogen and oxygen atoms in total. The van der Waals surface area contributed by atoms with Crippen LogP contribution in [-0.4, -0.2) is 6.26 Å². The molecule has 8 aromatic rings. The lowest BCUT2D eigenvalue weighted by Crippen LogP contribution is -1.93. The molecule has 354 valence electrons. The normalized spacial score (nSPS) is 11.7. The maximum atomic E-state index is 2.40. The van der Waals surface area contributed by atoms with Gasteiger partial charge in [-0.2, -0.15) is 0 Å². The Morgan fingerprint density at radius 2 is 1.18 bits per heavy atom. The number of thioether (sulfide) groups is 1. The zero-order valence-electron chi connectivity index (χ0n) is 44.0. The van der Waals surface area contributed by atoms with Gasteiger partial charge in [0.25, 0.3) is 0 Å². The highest BCUT2D eigenvalue weighted by Gasteiger charge is 2.14. The van der Waals surface area contributed by atoms with Crippen LogP contribution in [0.4, 0.5) is 0 Å². The van der Waals surface area contributed by atoms with Gasteiger partial charge in [0, 0.05) is 4.90 Å². The third kappa shape index (κ3) is 15.9. The summed E-state index contributed by atoms with van der Waals surface area (Å²) in [6.07, 6.45) is 16.6. The van der Waals surface area contributed by atoms with E-state index in [0.717, 1.165) is 0 Å². The Balaban J connectivity index is 0.000000253. The largest absolute Gasteiger partial charge is 0.130 e. The molecule has 68 heavy (non-hydrogen) atoms. The van der Waals surface area contributed by atoms with Crippen LogP contribution in [0.1, 0.15) is 131 Å². The van der Waals surface area contributed by atoms with E-state index in [9.17, 15) is 0 Å². The van der Waals surface area contributed by atoms with E-state index in [0.29, 0.717) is 11.8 Å². The molecule has 8 aromatic carbocycles. The first-order valence-corrected chi connectivity index (χ1v) is 26.3. The second-order valence-corrected chi connectivity index (χ2v) is 18.9. The van der Waals surface area contributed by atoms with Gasteiger partial charge in [-0.15, -0.1) is 11.8 Å². The van der Waals surface area contributed by atoms with E-state index in [-0.39, 0.29) is 0 Å². The molecule has 1 unspecified atom stereocenters. The van der Waals surface area contributed by atoms with Crippen molar-refractivity contribution in [3.63, 3.8) is 0 Å². The first-order chi connectivity index (χ1) is 32.9. The maximum absolute atomic E-state index is 2.40. The number of aryl methyl sites for hydroxylation is 5. The summed E-state index contributed by atoms with van der Waals surface area (Å²) < 4.78 is 0. The fourth-order valence-corrected chi connectivity index (χ4v) is 8.45. The minimum Gasteiger partial charge on any atom is -0.130 e. The van der Waals surface area contributed by atoms with E-state index < -0.39 is 0 Å². The predicted octanol–water partition coefficient (Wildman–Crippen LogP) is 21.0. The van der Waals surface area contributed by atoms with Crippen LogP contribution in [0.5, 0.6) is 0 Å². The fourth-order valence-electron chi connectivity index (χ4n) is 8.04. The zero-order chi connectivity index (χ0) is 49.6. The highest BCUT2D eigenvalue weighted by molar-refractivity contribution is 7.98. The Bertz CT molecular complexity index is 2820. The Labute approximate surface area is 417 Å². The molecular weight excluding hydrogens is 837 g/mol. The highest BCUT2D eigenvalue weighted by Crippen LogP contribution is 2.38. The molecule has 0 saturated carbocycles. The number of benzene rings is 8. The number of hydrogen-bond donors (Lipinski definition) is 0. The number of fused-ring (bicyclic) bond motifs is 3. The molecule has 0 aliphatic carbocycles. The SMILES string of the molecule is C/C=C/C=C(C)\C=C/c1c2ccc(-c3cccc4ccccc34)cc2c(C)c2ccc(C(C)C)cc12.CC.CCC(C)c1ccc(C)cc1.CCCc1ccc(SC)cc1.Cc1ccc(C)cc1. The van der Waals surface area contributed by atoms with Gasteiger partial charge in [-0.25, -0.2) is 0 Å². The second-order valence-electron chi connectivity index (χ2n) is 18.0. The van der Waals surface area contributed by atoms with Gasteiger partial charge in [-0.3, -0.25) is 0 Å². The first kappa shape index (κ1) is 54.7. The van der Waals surface area contributed by atoms with Gasteiger partial charge in [0.2, 0.25) is 0 Å². The highest BCUT2D eigenvalue weighted by atomic mass is 32.2. The lowest BCUT2D eigenvalue weighted by molar-refractivity contribution is 0.733. The lowest BCUT2D eigenvalue weighted by Gasteiger charge is -2.17. The summed E-state index contributed by atoms with van der Waals surface area (Å²) in [4.78, 5) is 1.35. The summed E-state index contributed by atoms with van der Waals surface area (Å²) in [5.74, 6) is 1.20. The standard InChI is InChI=1S/C36H34.C11H16.C10H14S.C8H10.C2H6/c1-6-7-11-25(4)16-19-34-33-21-18-29(32-15-10-13-27-12-8-9-14-31(27)32)23-35(33)26(5)30-20-17-28(24(2)3)22-36(30)34;1-4-10(3)11-7-5-9(2)6-8-11;1-3-4-9-5-7-10(11-2)8-6-9;1-7-3-5-8(2)6-4-7;1-2/h6-24H,1-5H3;5-8,10H,4H2,1-3H3;5-8H,3-4H2,1-2H3;3-6H,1-2H3;1-2H3/b7-6+,19-16-,25-11-;;;;. The number of hydrogen-bond acceptors (Lipinski definition) is 1. The molecule has 0 aliphatic rings. The van der Waals surface area contributed by atoms with E-state index in [1.807, 2.05) is 13.8 Å². The van der Waals surface area contributed by atoms with Gasteiger partial charge < -0.3 is 0 Å². The monoisotopic (exact) mass is 917 g/mol. The van der Waals surface area contributed by atoms with E-state index in [1.165, 1.54) is 118 Å². The van der Waals surface area contributed by atoms with E-state index >= 15 is 0 Å². The zero-order valence-corrected chi connectivity index (χ0v) is 44.8. The number of rotatable bonds is 10. The topological polar surface area (TPSA) is 0 Å². The Morgan fingerprint density at radius 1 is 0.588 bits per heavy atom. The van der Waals surface area contributed by atoms with Crippen LogP contribution in [-0.2, 0) is 6.42 Å². The average molecular weight is 917 g/mol. The summed E-state index contributed by atoms with van der Waals surface area (Å²) in [6, 6.07) is 55.4. The Kier molecular flexibility index (Phi) is 22.9. The van der Waals surface area contributed by atoms with Crippen molar-refractivity contribution in [2.75, 3.05) is 6.26 Å². The molecule has 8 rings (SSSR count). The van der Waals surface area contributed by atoms with Crippen LogP contribution >= 0.6 is 11.8 Å². The van der Waals surface area contributed by atoms with Crippen LogP contribution in [0, 0.1) is 27.7 Å². The van der Waals surface area contributed by atoms with Gasteiger partial charge in [0.1, 0.15) is 0 Å². The van der Waals surface area contributed by atoms with Crippen molar-refractivity contribution in [3.8, 4) is 11.1 Å². The number of allylic oxidation sites excluding steroid dienone is 5. The molecule has 0 aromatic heterocycles. The van der Waals surface area contributed by atoms with E-state index in [1.54, 1.807) is 11.8 Å². The molecule has 0 saturated heterocycles. The first-order valence-electron chi connectivity index (χ1n) is 25.1. The second kappa shape index (κ2) is 28.4. The molecule has 0 N–H and O–H groups in total. The predicted molar refractivity (Wildman–Crippen MR) is 310 cm³/mol. The molecule has 1 atom stereocenters. The smallest absolute Gasteiger partial charge is 0.00693 e. The van der Waals surface area contributed by atoms with Gasteiger partial charge in [0.05, 0.1) is 0 Å². The van der Waals surface area contributed by atoms with Crippen LogP contribution in [0.2, 0.25) is 0 Å². The van der Waals surface area contributed by atoms with E-state index in [2.05, 4.69) is 264 Å². The summed E-state index contributed by atoms with van der Waals surface area (Å²) in [6.45, 7) is 28.0. The van der Waals surface area contributed by atoms with Crippen molar-refractivity contribution < 1.29 is 0 Å². The summed E-state index contributed by atoms with van der Waals surface area (Å²) >= 11 is 1.80. The van der Waals surface area contributed by atoms with Gasteiger partial charge >= 0.3 is 0 Å². The van der Waals surface area contributed by atoms with Crippen molar-refractivity contribution >= 4 is 50.2 Å². The van der Waals surface area contributed by atoms with E-state index in [4.69, 9.17) is 0 Å². The molecular formula is C67H80S. The molecule has 1 heteroatoms. The minimum atomic E-state index is 0.493. The summed E-state index contributed by atoms with van der Waals surface area (Å²) in [7, 11) is 0. The molecule has 0 bridgehead atoms. The Morgan fingerprint density at radius 3 is 1.76 bits per heavy atom. The van der Waals surface area contributed by atoms with Crippen molar-refractivity contribution in [1.29, 1.82) is 0 Å². The van der Waals surface area contributed by atoms with Crippen molar-refractivity contribution in [2.45, 2.75) is 126 Å². The third-order valence-corrected chi connectivity index (χ3v) is 13.2. The van der Waals surface area contributed by atoms with Crippen molar-refractivity contribution in [2.24, 2.45) is 0 Å². The van der Waals surface area contributed by atoms with Crippen molar-refractivity contribution in [3.05, 3.63) is 226 Å². The van der Waals surface area contributed by atoms with Crippen LogP contribution in [0.15, 0.2) is 186 Å². The van der Waals surface area contributed by atoms with Crippen molar-refractivity contribution in [1.82, 2.24) is 0 Å². The van der Waals surface area contributed by atoms with Crippen LogP contribution in [0.3, 0.4) is 0 Å². The molecule has 0 amide bonds. The molecule has 0 fully saturated rings. The Hall–Kier alpha value is -5.89. The van der Waals surface area contributed by atoms with Crippen LogP contribution in [0.25, 0.3) is 49.5 Å². The van der Waals surface area contributed by atoms with Gasteiger partial charge in [-0.05, 0) is 162 Å². The minimum absolute atomic E-state index is 0.493. The van der Waals surface area contributed by atoms with Gasteiger partial charge in [-0.1, -0.05) is 241 Å². The maximum Gasteiger partial charge on any atom is 0.00693 e. The lowest BCUT2D eigenvalue weighted by atomic mass is 9.87.